The summed E-state index contributed by atoms with van der Waals surface area (Å²) in [5.74, 6) is 1.07. The monoisotopic (exact) mass is 314 g/mol. The molecule has 0 bridgehead atoms. The van der Waals surface area contributed by atoms with Crippen molar-refractivity contribution in [1.82, 2.24) is 15.0 Å². The van der Waals surface area contributed by atoms with Crippen molar-refractivity contribution in [3.8, 4) is 0 Å². The van der Waals surface area contributed by atoms with Crippen molar-refractivity contribution in [3.63, 3.8) is 0 Å². The molecule has 0 aliphatic heterocycles. The van der Waals surface area contributed by atoms with E-state index in [0.717, 1.165) is 42.9 Å². The van der Waals surface area contributed by atoms with Gasteiger partial charge in [0.05, 0.1) is 5.69 Å². The number of anilines is 1. The highest BCUT2D eigenvalue weighted by molar-refractivity contribution is 7.15. The number of hydrogen-bond donors (Lipinski definition) is 1. The van der Waals surface area contributed by atoms with Gasteiger partial charge in [-0.15, -0.1) is 11.3 Å². The molecule has 1 N–H and O–H groups in total. The Balaban J connectivity index is 1.55. The van der Waals surface area contributed by atoms with Crippen LogP contribution in [0.25, 0.3) is 0 Å². The number of nitrogens with zero attached hydrogens (tertiary/aromatic N) is 3. The third-order valence-corrected chi connectivity index (χ3v) is 5.19. The number of thiazole rings is 1. The molecule has 0 radical (unpaired) electrons. The van der Waals surface area contributed by atoms with Gasteiger partial charge in [0.25, 0.3) is 5.91 Å². The Morgan fingerprint density at radius 3 is 2.82 bits per heavy atom. The normalized spacial score (nSPS) is 17.1. The highest BCUT2D eigenvalue weighted by Gasteiger charge is 2.28. The van der Waals surface area contributed by atoms with E-state index in [1.54, 1.807) is 17.4 Å². The second-order valence-electron chi connectivity index (χ2n) is 6.08. The smallest absolute Gasteiger partial charge is 0.276 e. The average molecular weight is 314 g/mol. The number of nitrogens with one attached hydrogen (secondary N) is 1. The van der Waals surface area contributed by atoms with E-state index in [1.807, 2.05) is 6.92 Å². The molecule has 0 aromatic carbocycles. The van der Waals surface area contributed by atoms with E-state index in [0.29, 0.717) is 16.7 Å². The lowest BCUT2D eigenvalue weighted by atomic mass is 10.0. The zero-order valence-electron chi connectivity index (χ0n) is 12.6. The first-order valence-corrected chi connectivity index (χ1v) is 8.66. The Morgan fingerprint density at radius 1 is 1.23 bits per heavy atom. The van der Waals surface area contributed by atoms with E-state index in [9.17, 15) is 4.79 Å². The fraction of sp³-hybridized carbons (Fsp3) is 0.500. The summed E-state index contributed by atoms with van der Waals surface area (Å²) in [6, 6.07) is 1.74. The van der Waals surface area contributed by atoms with Gasteiger partial charge in [0.2, 0.25) is 0 Å². The fourth-order valence-electron chi connectivity index (χ4n) is 2.80. The molecule has 0 spiro atoms. The van der Waals surface area contributed by atoms with Crippen LogP contribution in [-0.2, 0) is 12.8 Å². The lowest BCUT2D eigenvalue weighted by Gasteiger charge is -2.06. The van der Waals surface area contributed by atoms with Gasteiger partial charge in [0, 0.05) is 16.5 Å². The number of fused-ring (bicyclic) bond motifs is 1. The lowest BCUT2D eigenvalue weighted by molar-refractivity contribution is 0.102. The molecule has 114 valence electrons. The number of carbonyl (C=O) groups excluding carboxylic acids is 1. The summed E-state index contributed by atoms with van der Waals surface area (Å²) in [4.78, 5) is 27.2. The largest absolute Gasteiger partial charge is 0.296 e. The first-order chi connectivity index (χ1) is 10.7. The molecule has 0 unspecified atom stereocenters. The molecule has 6 heteroatoms. The molecule has 0 atom stereocenters. The van der Waals surface area contributed by atoms with Crippen LogP contribution in [0.15, 0.2) is 6.07 Å². The zero-order chi connectivity index (χ0) is 15.1. The molecule has 2 aliphatic carbocycles. The molecule has 5 nitrogen and oxygen atoms in total. The molecule has 2 heterocycles. The van der Waals surface area contributed by atoms with Crippen molar-refractivity contribution >= 4 is 22.4 Å². The predicted octanol–water partition coefficient (Wildman–Crippen LogP) is 3.25. The summed E-state index contributed by atoms with van der Waals surface area (Å²) >= 11 is 1.60. The minimum atomic E-state index is -0.182. The maximum Gasteiger partial charge on any atom is 0.276 e. The van der Waals surface area contributed by atoms with Crippen molar-refractivity contribution in [2.24, 2.45) is 0 Å². The van der Waals surface area contributed by atoms with E-state index < -0.39 is 0 Å². The fourth-order valence-corrected chi connectivity index (χ4v) is 3.84. The summed E-state index contributed by atoms with van der Waals surface area (Å²) < 4.78 is 0. The van der Waals surface area contributed by atoms with Crippen molar-refractivity contribution in [2.75, 3.05) is 5.32 Å². The van der Waals surface area contributed by atoms with Crippen LogP contribution in [0.1, 0.15) is 64.2 Å². The number of hydrogen-bond acceptors (Lipinski definition) is 5. The van der Waals surface area contributed by atoms with Crippen LogP contribution in [0, 0.1) is 6.92 Å². The minimum Gasteiger partial charge on any atom is -0.296 e. The van der Waals surface area contributed by atoms with Gasteiger partial charge in [-0.05, 0) is 51.5 Å². The molecule has 1 amide bonds. The number of aryl methyl sites for hydroxylation is 3. The van der Waals surface area contributed by atoms with Crippen LogP contribution in [-0.4, -0.2) is 20.9 Å². The first-order valence-electron chi connectivity index (χ1n) is 7.84. The number of aromatic nitrogens is 3. The second-order valence-corrected chi connectivity index (χ2v) is 7.16. The maximum atomic E-state index is 12.4. The lowest BCUT2D eigenvalue weighted by Crippen LogP contribution is -2.15. The van der Waals surface area contributed by atoms with Gasteiger partial charge in [0.15, 0.2) is 5.13 Å². The van der Waals surface area contributed by atoms with Gasteiger partial charge in [-0.2, -0.15) is 0 Å². The number of amides is 1. The van der Waals surface area contributed by atoms with Gasteiger partial charge >= 0.3 is 0 Å². The SMILES string of the molecule is Cc1cc(C(=O)Nc2nc3c(s2)CCCC3)nc(C2CC2)n1. The van der Waals surface area contributed by atoms with Crippen molar-refractivity contribution in [2.45, 2.75) is 51.4 Å². The molecule has 22 heavy (non-hydrogen) atoms. The van der Waals surface area contributed by atoms with E-state index in [4.69, 9.17) is 0 Å². The van der Waals surface area contributed by atoms with E-state index >= 15 is 0 Å². The Bertz CT molecular complexity index is 712. The van der Waals surface area contributed by atoms with Crippen LogP contribution in [0.4, 0.5) is 5.13 Å². The van der Waals surface area contributed by atoms with Gasteiger partial charge in [-0.25, -0.2) is 15.0 Å². The average Bonchev–Trinajstić information content (AvgIpc) is 3.27. The summed E-state index contributed by atoms with van der Waals surface area (Å²) in [6.07, 6.45) is 6.79. The molecule has 4 rings (SSSR count). The van der Waals surface area contributed by atoms with Crippen molar-refractivity contribution in [1.29, 1.82) is 0 Å². The summed E-state index contributed by atoms with van der Waals surface area (Å²) in [7, 11) is 0. The minimum absolute atomic E-state index is 0.182. The summed E-state index contributed by atoms with van der Waals surface area (Å²) in [5, 5.41) is 3.60. The van der Waals surface area contributed by atoms with Gasteiger partial charge in [0.1, 0.15) is 11.5 Å². The highest BCUT2D eigenvalue weighted by Crippen LogP contribution is 2.38. The molecule has 2 aromatic heterocycles. The van der Waals surface area contributed by atoms with Crippen molar-refractivity contribution < 1.29 is 4.79 Å². The Kier molecular flexibility index (Phi) is 3.41. The molecule has 0 saturated heterocycles. The van der Waals surface area contributed by atoms with E-state index in [-0.39, 0.29) is 5.91 Å². The van der Waals surface area contributed by atoms with E-state index in [1.165, 1.54) is 17.7 Å². The van der Waals surface area contributed by atoms with Crippen LogP contribution in [0.3, 0.4) is 0 Å². The van der Waals surface area contributed by atoms with Gasteiger partial charge < -0.3 is 0 Å². The maximum absolute atomic E-state index is 12.4. The summed E-state index contributed by atoms with van der Waals surface area (Å²) in [6.45, 7) is 1.91. The standard InChI is InChI=1S/C16H18N4OS/c1-9-8-12(18-14(17-9)10-6-7-10)15(21)20-16-19-11-4-2-3-5-13(11)22-16/h8,10H,2-7H2,1H3,(H,19,20,21). The van der Waals surface area contributed by atoms with Crippen LogP contribution >= 0.6 is 11.3 Å². The predicted molar refractivity (Wildman–Crippen MR) is 85.5 cm³/mol. The topological polar surface area (TPSA) is 67.8 Å². The quantitative estimate of drug-likeness (QED) is 0.944. The molecule has 2 aliphatic rings. The zero-order valence-corrected chi connectivity index (χ0v) is 13.4. The van der Waals surface area contributed by atoms with Gasteiger partial charge in [-0.1, -0.05) is 0 Å². The Hall–Kier alpha value is -1.82. The Morgan fingerprint density at radius 2 is 2.05 bits per heavy atom. The third kappa shape index (κ3) is 2.75. The van der Waals surface area contributed by atoms with Gasteiger partial charge in [-0.3, -0.25) is 10.1 Å². The summed E-state index contributed by atoms with van der Waals surface area (Å²) in [5.41, 5.74) is 2.45. The van der Waals surface area contributed by atoms with Crippen LogP contribution < -0.4 is 5.32 Å². The molecular formula is C16H18N4OS. The van der Waals surface area contributed by atoms with E-state index in [2.05, 4.69) is 20.3 Å². The highest BCUT2D eigenvalue weighted by atomic mass is 32.1. The second kappa shape index (κ2) is 5.43. The third-order valence-electron chi connectivity index (χ3n) is 4.11. The molecule has 1 saturated carbocycles. The van der Waals surface area contributed by atoms with Crippen LogP contribution in [0.5, 0.6) is 0 Å². The number of carbonyl (C=O) groups is 1. The molecule has 1 fully saturated rings. The Labute approximate surface area is 133 Å². The van der Waals surface area contributed by atoms with Crippen molar-refractivity contribution in [3.05, 3.63) is 33.8 Å². The first kappa shape index (κ1) is 13.8. The van der Waals surface area contributed by atoms with Crippen LogP contribution in [0.2, 0.25) is 0 Å². The molecular weight excluding hydrogens is 296 g/mol. The number of rotatable bonds is 3. The molecule has 2 aromatic rings.